The number of aromatic nitrogens is 2. The number of hydrogen-bond acceptors (Lipinski definition) is 2. The molecule has 1 saturated heterocycles. The van der Waals surface area contributed by atoms with E-state index >= 15 is 0 Å². The fourth-order valence-corrected chi connectivity index (χ4v) is 2.13. The molecule has 2 aromatic rings. The van der Waals surface area contributed by atoms with Crippen molar-refractivity contribution >= 4 is 23.2 Å². The summed E-state index contributed by atoms with van der Waals surface area (Å²) < 4.78 is 0. The van der Waals surface area contributed by atoms with E-state index in [0.29, 0.717) is 16.0 Å². The SMILES string of the molecule is Clc1ccc(-c2cnc(C3CNC3)[nH]2)cc1Cl. The summed E-state index contributed by atoms with van der Waals surface area (Å²) in [5, 5.41) is 4.36. The number of nitrogens with one attached hydrogen (secondary N) is 2. The highest BCUT2D eigenvalue weighted by molar-refractivity contribution is 6.42. The van der Waals surface area contributed by atoms with Gasteiger partial charge in [0.25, 0.3) is 0 Å². The monoisotopic (exact) mass is 267 g/mol. The molecule has 0 spiro atoms. The van der Waals surface area contributed by atoms with Crippen LogP contribution in [0, 0.1) is 0 Å². The standard InChI is InChI=1S/C12H11Cl2N3/c13-9-2-1-7(3-10(9)14)11-6-16-12(17-11)8-4-15-5-8/h1-3,6,8,15H,4-5H2,(H,16,17). The summed E-state index contributed by atoms with van der Waals surface area (Å²) in [4.78, 5) is 7.72. The largest absolute Gasteiger partial charge is 0.342 e. The molecule has 88 valence electrons. The van der Waals surface area contributed by atoms with Gasteiger partial charge in [0.2, 0.25) is 0 Å². The van der Waals surface area contributed by atoms with Crippen molar-refractivity contribution in [2.75, 3.05) is 13.1 Å². The molecular formula is C12H11Cl2N3. The van der Waals surface area contributed by atoms with Crippen molar-refractivity contribution in [3.63, 3.8) is 0 Å². The first-order valence-corrected chi connectivity index (χ1v) is 6.20. The van der Waals surface area contributed by atoms with Gasteiger partial charge in [0.05, 0.1) is 21.9 Å². The normalized spacial score (nSPS) is 15.9. The van der Waals surface area contributed by atoms with Crippen LogP contribution in [0.3, 0.4) is 0 Å². The highest BCUT2D eigenvalue weighted by atomic mass is 35.5. The number of rotatable bonds is 2. The van der Waals surface area contributed by atoms with Gasteiger partial charge in [-0.25, -0.2) is 4.98 Å². The van der Waals surface area contributed by atoms with Gasteiger partial charge in [-0.1, -0.05) is 29.3 Å². The number of nitrogens with zero attached hydrogens (tertiary/aromatic N) is 1. The predicted octanol–water partition coefficient (Wildman–Crippen LogP) is 3.07. The van der Waals surface area contributed by atoms with Crippen LogP contribution in [0.4, 0.5) is 0 Å². The molecule has 3 nitrogen and oxygen atoms in total. The van der Waals surface area contributed by atoms with Gasteiger partial charge in [0, 0.05) is 24.6 Å². The second-order valence-electron chi connectivity index (χ2n) is 4.17. The molecule has 1 aliphatic heterocycles. The lowest BCUT2D eigenvalue weighted by Crippen LogP contribution is -2.40. The van der Waals surface area contributed by atoms with Crippen molar-refractivity contribution in [2.24, 2.45) is 0 Å². The van der Waals surface area contributed by atoms with Crippen LogP contribution in [0.2, 0.25) is 10.0 Å². The molecule has 0 unspecified atom stereocenters. The fraction of sp³-hybridized carbons (Fsp3) is 0.250. The minimum atomic E-state index is 0.506. The third kappa shape index (κ3) is 2.06. The van der Waals surface area contributed by atoms with E-state index in [1.54, 1.807) is 6.07 Å². The molecule has 0 amide bonds. The van der Waals surface area contributed by atoms with Crippen molar-refractivity contribution in [3.05, 3.63) is 40.3 Å². The summed E-state index contributed by atoms with van der Waals surface area (Å²) in [6.07, 6.45) is 1.84. The van der Waals surface area contributed by atoms with E-state index in [9.17, 15) is 0 Å². The molecule has 1 aromatic carbocycles. The molecule has 2 heterocycles. The quantitative estimate of drug-likeness (QED) is 0.878. The Morgan fingerprint density at radius 3 is 2.65 bits per heavy atom. The maximum Gasteiger partial charge on any atom is 0.112 e. The van der Waals surface area contributed by atoms with Crippen molar-refractivity contribution in [1.29, 1.82) is 0 Å². The van der Waals surface area contributed by atoms with Crippen molar-refractivity contribution in [3.8, 4) is 11.3 Å². The average molecular weight is 268 g/mol. The van der Waals surface area contributed by atoms with Gasteiger partial charge in [0.1, 0.15) is 5.82 Å². The summed E-state index contributed by atoms with van der Waals surface area (Å²) in [7, 11) is 0. The first kappa shape index (κ1) is 11.1. The third-order valence-corrected chi connectivity index (χ3v) is 3.73. The van der Waals surface area contributed by atoms with Crippen molar-refractivity contribution < 1.29 is 0 Å². The minimum Gasteiger partial charge on any atom is -0.342 e. The number of H-pyrrole nitrogens is 1. The summed E-state index contributed by atoms with van der Waals surface area (Å²) in [5.74, 6) is 1.54. The Morgan fingerprint density at radius 1 is 1.18 bits per heavy atom. The molecule has 5 heteroatoms. The highest BCUT2D eigenvalue weighted by Crippen LogP contribution is 2.28. The van der Waals surface area contributed by atoms with Crippen LogP contribution in [0.15, 0.2) is 24.4 Å². The van der Waals surface area contributed by atoms with E-state index in [4.69, 9.17) is 23.2 Å². The van der Waals surface area contributed by atoms with Crippen LogP contribution in [0.25, 0.3) is 11.3 Å². The van der Waals surface area contributed by atoms with Gasteiger partial charge < -0.3 is 10.3 Å². The Balaban J connectivity index is 1.92. The smallest absolute Gasteiger partial charge is 0.112 e. The Bertz CT molecular complexity index is 546. The number of aromatic amines is 1. The Morgan fingerprint density at radius 2 is 2.00 bits per heavy atom. The Labute approximate surface area is 109 Å². The molecule has 2 N–H and O–H groups in total. The van der Waals surface area contributed by atoms with E-state index in [1.807, 2.05) is 18.3 Å². The van der Waals surface area contributed by atoms with Crippen molar-refractivity contribution in [1.82, 2.24) is 15.3 Å². The number of benzene rings is 1. The van der Waals surface area contributed by atoms with Gasteiger partial charge in [-0.2, -0.15) is 0 Å². The first-order chi connectivity index (χ1) is 8.24. The maximum absolute atomic E-state index is 6.00. The van der Waals surface area contributed by atoms with Gasteiger partial charge in [-0.3, -0.25) is 0 Å². The van der Waals surface area contributed by atoms with Gasteiger partial charge >= 0.3 is 0 Å². The number of hydrogen-bond donors (Lipinski definition) is 2. The third-order valence-electron chi connectivity index (χ3n) is 2.99. The minimum absolute atomic E-state index is 0.506. The molecular weight excluding hydrogens is 257 g/mol. The second kappa shape index (κ2) is 4.33. The van der Waals surface area contributed by atoms with Crippen LogP contribution in [0.5, 0.6) is 0 Å². The predicted molar refractivity (Wildman–Crippen MR) is 69.7 cm³/mol. The van der Waals surface area contributed by atoms with E-state index in [2.05, 4.69) is 15.3 Å². The fourth-order valence-electron chi connectivity index (χ4n) is 1.84. The van der Waals surface area contributed by atoms with E-state index < -0.39 is 0 Å². The van der Waals surface area contributed by atoms with E-state index in [0.717, 1.165) is 30.2 Å². The summed E-state index contributed by atoms with van der Waals surface area (Å²) in [5.41, 5.74) is 1.98. The lowest BCUT2D eigenvalue weighted by atomic mass is 10.0. The molecule has 1 aliphatic rings. The van der Waals surface area contributed by atoms with Crippen LogP contribution in [-0.2, 0) is 0 Å². The lowest BCUT2D eigenvalue weighted by molar-refractivity contribution is 0.433. The van der Waals surface area contributed by atoms with Crippen LogP contribution >= 0.6 is 23.2 Å². The highest BCUT2D eigenvalue weighted by Gasteiger charge is 2.21. The second-order valence-corrected chi connectivity index (χ2v) is 4.98. The molecule has 17 heavy (non-hydrogen) atoms. The average Bonchev–Trinajstić information content (AvgIpc) is 2.69. The summed E-state index contributed by atoms with van der Waals surface area (Å²) in [6, 6.07) is 5.58. The topological polar surface area (TPSA) is 40.7 Å². The molecule has 1 aromatic heterocycles. The maximum atomic E-state index is 6.00. The first-order valence-electron chi connectivity index (χ1n) is 5.45. The van der Waals surface area contributed by atoms with Crippen LogP contribution in [-0.4, -0.2) is 23.1 Å². The zero-order chi connectivity index (χ0) is 11.8. The Kier molecular flexibility index (Phi) is 2.82. The number of halogens is 2. The lowest BCUT2D eigenvalue weighted by Gasteiger charge is -2.24. The number of imidazole rings is 1. The molecule has 0 radical (unpaired) electrons. The summed E-state index contributed by atoms with van der Waals surface area (Å²) in [6.45, 7) is 1.99. The molecule has 0 bridgehead atoms. The summed E-state index contributed by atoms with van der Waals surface area (Å²) >= 11 is 11.9. The van der Waals surface area contributed by atoms with E-state index in [1.165, 1.54) is 0 Å². The molecule has 3 rings (SSSR count). The molecule has 0 saturated carbocycles. The van der Waals surface area contributed by atoms with Crippen LogP contribution in [0.1, 0.15) is 11.7 Å². The molecule has 0 atom stereocenters. The zero-order valence-corrected chi connectivity index (χ0v) is 10.5. The molecule has 0 aliphatic carbocycles. The Hall–Kier alpha value is -1.03. The van der Waals surface area contributed by atoms with E-state index in [-0.39, 0.29) is 0 Å². The zero-order valence-electron chi connectivity index (χ0n) is 9.00. The van der Waals surface area contributed by atoms with Crippen LogP contribution < -0.4 is 5.32 Å². The van der Waals surface area contributed by atoms with Gasteiger partial charge in [-0.05, 0) is 12.1 Å². The van der Waals surface area contributed by atoms with Gasteiger partial charge in [0.15, 0.2) is 0 Å². The molecule has 1 fully saturated rings. The van der Waals surface area contributed by atoms with Crippen molar-refractivity contribution in [2.45, 2.75) is 5.92 Å². The van der Waals surface area contributed by atoms with Gasteiger partial charge in [-0.15, -0.1) is 0 Å².